The van der Waals surface area contributed by atoms with Gasteiger partial charge in [-0.15, -0.1) is 0 Å². The van der Waals surface area contributed by atoms with Crippen LogP contribution in [-0.4, -0.2) is 69.3 Å². The van der Waals surface area contributed by atoms with Crippen LogP contribution in [0.1, 0.15) is 84.6 Å². The summed E-state index contributed by atoms with van der Waals surface area (Å²) >= 11 is 0. The van der Waals surface area contributed by atoms with Gasteiger partial charge in [0.25, 0.3) is 0 Å². The molecule has 21 nitrogen and oxygen atoms in total. The molecule has 3 heterocycles. The van der Waals surface area contributed by atoms with E-state index < -0.39 is 59.3 Å². The van der Waals surface area contributed by atoms with E-state index in [4.69, 9.17) is 41.4 Å². The predicted octanol–water partition coefficient (Wildman–Crippen LogP) is 12.6. The van der Waals surface area contributed by atoms with Crippen molar-refractivity contribution in [3.8, 4) is 34.5 Å². The van der Waals surface area contributed by atoms with Crippen molar-refractivity contribution < 1.29 is 69.4 Å². The highest BCUT2D eigenvalue weighted by molar-refractivity contribution is 7.53. The number of esters is 3. The molecule has 0 aliphatic heterocycles. The van der Waals surface area contributed by atoms with Gasteiger partial charge in [0, 0.05) is 18.6 Å². The Morgan fingerprint density at radius 1 is 0.346 bits per heavy atom. The van der Waals surface area contributed by atoms with Crippen LogP contribution in [0.15, 0.2) is 165 Å². The van der Waals surface area contributed by atoms with E-state index in [1.807, 2.05) is 0 Å². The fourth-order valence-electron chi connectivity index (χ4n) is 5.57. The van der Waals surface area contributed by atoms with Gasteiger partial charge in [0.15, 0.2) is 0 Å². The first-order chi connectivity index (χ1) is 35.6. The lowest BCUT2D eigenvalue weighted by Gasteiger charge is -2.23. The van der Waals surface area contributed by atoms with Crippen molar-refractivity contribution in [2.45, 2.75) is 121 Å². The van der Waals surface area contributed by atoms with Crippen molar-refractivity contribution in [3.63, 3.8) is 0 Å². The van der Waals surface area contributed by atoms with Gasteiger partial charge >= 0.3 is 41.1 Å². The fraction of sp³-hybridized carbons (Fsp3) is 0.333. The van der Waals surface area contributed by atoms with Gasteiger partial charge in [0.05, 0.1) is 36.9 Å². The third kappa shape index (κ3) is 26.3. The van der Waals surface area contributed by atoms with Crippen LogP contribution in [0, 0.1) is 0 Å². The van der Waals surface area contributed by atoms with Gasteiger partial charge < -0.3 is 41.4 Å². The van der Waals surface area contributed by atoms with E-state index in [0.29, 0.717) is 17.2 Å². The molecule has 3 N–H and O–H groups in total. The molecule has 24 heteroatoms. The Morgan fingerprint density at radius 2 is 0.551 bits per heavy atom. The average Bonchev–Trinajstić information content (AvgIpc) is 3.35. The minimum atomic E-state index is -3.91. The number of benzene rings is 3. The van der Waals surface area contributed by atoms with Crippen molar-refractivity contribution in [1.29, 1.82) is 0 Å². The number of carbonyl (C=O) groups excluding carboxylic acids is 3. The fourth-order valence-corrected chi connectivity index (χ4v) is 10.1. The van der Waals surface area contributed by atoms with Crippen molar-refractivity contribution in [1.82, 2.24) is 30.2 Å². The molecule has 6 atom stereocenters. The minimum Gasteiger partial charge on any atom is -0.462 e. The molecule has 426 valence electrons. The number of nitrogens with one attached hydrogen (secondary N) is 3. The Labute approximate surface area is 459 Å². The third-order valence-electron chi connectivity index (χ3n) is 8.66. The van der Waals surface area contributed by atoms with Crippen LogP contribution in [0.25, 0.3) is 0 Å². The highest BCUT2D eigenvalue weighted by atomic mass is 31.2. The molecule has 3 aromatic heterocycles. The first-order valence-electron chi connectivity index (χ1n) is 23.4. The van der Waals surface area contributed by atoms with Gasteiger partial charge in [-0.3, -0.25) is 29.3 Å². The topological polar surface area (TPSA) is 260 Å². The largest absolute Gasteiger partial charge is 0.513 e. The van der Waals surface area contributed by atoms with E-state index in [-0.39, 0.29) is 57.8 Å². The molecule has 0 fully saturated rings. The maximum atomic E-state index is 13.2. The van der Waals surface area contributed by atoms with E-state index in [1.54, 1.807) is 188 Å². The Morgan fingerprint density at radius 3 is 0.744 bits per heavy atom. The van der Waals surface area contributed by atoms with E-state index in [2.05, 4.69) is 30.2 Å². The number of rotatable bonds is 24. The normalized spacial score (nSPS) is 13.8. The smallest absolute Gasteiger partial charge is 0.462 e. The third-order valence-corrected chi connectivity index (χ3v) is 13.5. The second-order valence-corrected chi connectivity index (χ2v) is 21.4. The molecule has 0 aliphatic rings. The summed E-state index contributed by atoms with van der Waals surface area (Å²) in [4.78, 5) is 47.7. The average molecular weight is 1140 g/mol. The zero-order valence-electron chi connectivity index (χ0n) is 42.9. The number of para-hydroxylation sites is 3. The Bertz CT molecular complexity index is 2340. The lowest BCUT2D eigenvalue weighted by molar-refractivity contribution is -0.149. The van der Waals surface area contributed by atoms with Crippen LogP contribution in [0.2, 0.25) is 0 Å². The lowest BCUT2D eigenvalue weighted by atomic mass is 10.3. The van der Waals surface area contributed by atoms with E-state index in [1.165, 1.54) is 39.4 Å². The van der Waals surface area contributed by atoms with Crippen LogP contribution in [0.3, 0.4) is 0 Å². The van der Waals surface area contributed by atoms with E-state index in [0.717, 1.165) is 0 Å². The molecule has 0 saturated carbocycles. The second kappa shape index (κ2) is 34.6. The highest BCUT2D eigenvalue weighted by Gasteiger charge is 2.36. The molecule has 3 aromatic carbocycles. The van der Waals surface area contributed by atoms with Crippen LogP contribution < -0.4 is 42.4 Å². The van der Waals surface area contributed by atoms with E-state index >= 15 is 0 Å². The summed E-state index contributed by atoms with van der Waals surface area (Å²) in [7, 11) is -11.7. The molecule has 0 aliphatic carbocycles. The Hall–Kier alpha value is -7.11. The summed E-state index contributed by atoms with van der Waals surface area (Å²) in [5.41, 5.74) is 0. The molecule has 0 amide bonds. The number of ether oxygens (including phenoxy) is 3. The second-order valence-electron chi connectivity index (χ2n) is 16.6. The molecule has 6 rings (SSSR count). The zero-order valence-corrected chi connectivity index (χ0v) is 45.5. The molecule has 6 aromatic rings. The molecular weight excluding hydrogens is 1070 g/mol. The summed E-state index contributed by atoms with van der Waals surface area (Å²) in [6.45, 7) is 15.0. The quantitative estimate of drug-likeness (QED) is 0.0289. The number of pyridine rings is 3. The summed E-state index contributed by atoms with van der Waals surface area (Å²) in [6.07, 6.45) is 8.03. The zero-order chi connectivity index (χ0) is 54.9. The van der Waals surface area contributed by atoms with Crippen molar-refractivity contribution in [2.24, 2.45) is 0 Å². The van der Waals surface area contributed by atoms with Gasteiger partial charge in [-0.2, -0.15) is 15.3 Å². The van der Waals surface area contributed by atoms with Crippen molar-refractivity contribution in [2.75, 3.05) is 0 Å². The Kier molecular flexibility index (Phi) is 30.6. The lowest BCUT2D eigenvalue weighted by Crippen LogP contribution is -2.36. The summed E-state index contributed by atoms with van der Waals surface area (Å²) < 4.78 is 87.8. The molecule has 1 unspecified atom stereocenters. The first kappa shape index (κ1) is 68.9. The number of carbonyl (C=O) groups is 3. The predicted molar refractivity (Wildman–Crippen MR) is 300 cm³/mol. The van der Waals surface area contributed by atoms with Gasteiger partial charge in [-0.1, -0.05) is 76.9 Å². The van der Waals surface area contributed by atoms with Crippen LogP contribution in [0.4, 0.5) is 0 Å². The maximum Gasteiger partial charge on any atom is 0.513 e. The molecule has 78 heavy (non-hydrogen) atoms. The Balaban J connectivity index is 0.000000574. The standard InChI is InChI=1S/3C17H21N2O5P.3CH4/c3*1-13(2)22-17(20)14(3)19-25(21,23-15-8-5-4-6-9-15)24-16-10-7-11-18-12-16;;;/h3*4-14H,1-3H3,(H,19,21);3*1H4/t14-,25?;14-,25+;14-,25-;;;/m000.../s1. The van der Waals surface area contributed by atoms with Gasteiger partial charge in [-0.25, -0.2) is 13.7 Å². The minimum absolute atomic E-state index is 0. The number of aromatic nitrogens is 3. The number of hydrogen-bond acceptors (Lipinski definition) is 18. The van der Waals surface area contributed by atoms with Crippen LogP contribution in [-0.2, 0) is 42.3 Å². The van der Waals surface area contributed by atoms with Crippen molar-refractivity contribution >= 4 is 41.1 Å². The van der Waals surface area contributed by atoms with E-state index in [9.17, 15) is 28.1 Å². The maximum absolute atomic E-state index is 13.2. The van der Waals surface area contributed by atoms with Crippen LogP contribution in [0.5, 0.6) is 34.5 Å². The highest BCUT2D eigenvalue weighted by Crippen LogP contribution is 2.47. The first-order valence-corrected chi connectivity index (χ1v) is 28.0. The number of hydrogen-bond donors (Lipinski definition) is 3. The molecular formula is C54H75N6O15P3. The molecule has 0 radical (unpaired) electrons. The molecule has 0 spiro atoms. The SMILES string of the molecule is C.C.C.CC(C)OC(=O)[C@H](C)NP(=O)(Oc1ccccc1)Oc1cccnc1.CC(C)OC(=O)[C@H](C)N[P@@](=O)(Oc1ccccc1)Oc1cccnc1.CC(C)OC(=O)[C@H](C)N[P@](=O)(Oc1ccccc1)Oc1cccnc1. The van der Waals surface area contributed by atoms with Gasteiger partial charge in [-0.05, 0) is 135 Å². The van der Waals surface area contributed by atoms with Gasteiger partial charge in [0.2, 0.25) is 0 Å². The van der Waals surface area contributed by atoms with Crippen molar-refractivity contribution in [3.05, 3.63) is 165 Å². The monoisotopic (exact) mass is 1140 g/mol. The summed E-state index contributed by atoms with van der Waals surface area (Å²) in [5.74, 6) is 0.103. The summed E-state index contributed by atoms with van der Waals surface area (Å²) in [6, 6.07) is 32.6. The molecule has 0 saturated heterocycles. The van der Waals surface area contributed by atoms with Crippen LogP contribution >= 0.6 is 23.2 Å². The molecule has 0 bridgehead atoms. The number of nitrogens with zero attached hydrogens (tertiary/aromatic N) is 3. The summed E-state index contributed by atoms with van der Waals surface area (Å²) in [5, 5.41) is 7.81. The van der Waals surface area contributed by atoms with Gasteiger partial charge in [0.1, 0.15) is 52.6 Å².